The van der Waals surface area contributed by atoms with Crippen LogP contribution >= 0.6 is 11.6 Å². The van der Waals surface area contributed by atoms with Crippen molar-refractivity contribution >= 4 is 28.9 Å². The number of nitro groups is 1. The highest BCUT2D eigenvalue weighted by molar-refractivity contribution is 6.33. The molecule has 1 aliphatic heterocycles. The molecule has 0 saturated carbocycles. The summed E-state index contributed by atoms with van der Waals surface area (Å²) >= 11 is 5.97. The number of nitrogens with one attached hydrogen (secondary N) is 1. The Bertz CT molecular complexity index is 912. The lowest BCUT2D eigenvalue weighted by Crippen LogP contribution is -2.37. The SMILES string of the molecule is COc1ccc(CN2CCC(C(=O)Nc3cc(Cl)c([N+](=O)[O-])cc3OC)CC2)cc1. The van der Waals surface area contributed by atoms with E-state index in [1.165, 1.54) is 24.8 Å². The van der Waals surface area contributed by atoms with Crippen molar-refractivity contribution < 1.29 is 19.2 Å². The van der Waals surface area contributed by atoms with Crippen LogP contribution in [0.25, 0.3) is 0 Å². The molecule has 1 heterocycles. The summed E-state index contributed by atoms with van der Waals surface area (Å²) in [5, 5.41) is 13.8. The standard InChI is InChI=1S/C21H24ClN3O5/c1-29-16-5-3-14(4-6-16)13-24-9-7-15(8-10-24)21(26)23-18-11-17(22)19(25(27)28)12-20(18)30-2/h3-6,11-12,15H,7-10,13H2,1-2H3,(H,23,26). The normalized spacial score (nSPS) is 14.9. The lowest BCUT2D eigenvalue weighted by Gasteiger charge is -2.31. The fourth-order valence-corrected chi connectivity index (χ4v) is 3.76. The minimum atomic E-state index is -0.588. The molecular weight excluding hydrogens is 410 g/mol. The molecule has 30 heavy (non-hydrogen) atoms. The Labute approximate surface area is 179 Å². The number of hydrogen-bond acceptors (Lipinski definition) is 6. The number of nitro benzene ring substituents is 1. The highest BCUT2D eigenvalue weighted by Gasteiger charge is 2.26. The van der Waals surface area contributed by atoms with Gasteiger partial charge in [-0.3, -0.25) is 19.8 Å². The van der Waals surface area contributed by atoms with Crippen molar-refractivity contribution in [1.82, 2.24) is 4.90 Å². The van der Waals surface area contributed by atoms with Gasteiger partial charge in [0.1, 0.15) is 16.5 Å². The van der Waals surface area contributed by atoms with Crippen molar-refractivity contribution in [3.8, 4) is 11.5 Å². The maximum absolute atomic E-state index is 12.7. The minimum Gasteiger partial charge on any atom is -0.497 e. The average molecular weight is 434 g/mol. The average Bonchev–Trinajstić information content (AvgIpc) is 2.74. The number of benzene rings is 2. The van der Waals surface area contributed by atoms with Crippen molar-refractivity contribution in [3.05, 3.63) is 57.1 Å². The summed E-state index contributed by atoms with van der Waals surface area (Å²) in [6, 6.07) is 10.5. The molecule has 0 aliphatic carbocycles. The first kappa shape index (κ1) is 21.9. The maximum Gasteiger partial charge on any atom is 0.291 e. The van der Waals surface area contributed by atoms with E-state index in [4.69, 9.17) is 21.1 Å². The predicted octanol–water partition coefficient (Wildman–Crippen LogP) is 4.12. The van der Waals surface area contributed by atoms with Crippen LogP contribution in [0.3, 0.4) is 0 Å². The van der Waals surface area contributed by atoms with E-state index in [9.17, 15) is 14.9 Å². The van der Waals surface area contributed by atoms with Gasteiger partial charge in [-0.15, -0.1) is 0 Å². The zero-order valence-corrected chi connectivity index (χ0v) is 17.6. The second kappa shape index (κ2) is 9.77. The number of halogens is 1. The van der Waals surface area contributed by atoms with Crippen molar-refractivity contribution in [2.45, 2.75) is 19.4 Å². The molecule has 1 aliphatic rings. The molecule has 8 nitrogen and oxygen atoms in total. The molecule has 160 valence electrons. The summed E-state index contributed by atoms with van der Waals surface area (Å²) in [5.41, 5.74) is 1.26. The van der Waals surface area contributed by atoms with Crippen LogP contribution in [-0.2, 0) is 11.3 Å². The number of anilines is 1. The van der Waals surface area contributed by atoms with Crippen molar-refractivity contribution in [1.29, 1.82) is 0 Å². The summed E-state index contributed by atoms with van der Waals surface area (Å²) in [6.07, 6.45) is 1.45. The molecule has 2 aromatic rings. The predicted molar refractivity (Wildman–Crippen MR) is 114 cm³/mol. The number of nitrogens with zero attached hydrogens (tertiary/aromatic N) is 2. The van der Waals surface area contributed by atoms with Crippen LogP contribution in [0.1, 0.15) is 18.4 Å². The zero-order chi connectivity index (χ0) is 21.7. The maximum atomic E-state index is 12.7. The van der Waals surface area contributed by atoms with Gasteiger partial charge in [-0.2, -0.15) is 0 Å². The van der Waals surface area contributed by atoms with Crippen LogP contribution in [0.5, 0.6) is 11.5 Å². The summed E-state index contributed by atoms with van der Waals surface area (Å²) in [5.74, 6) is 0.755. The first-order valence-electron chi connectivity index (χ1n) is 9.59. The Morgan fingerprint density at radius 3 is 2.43 bits per heavy atom. The van der Waals surface area contributed by atoms with E-state index >= 15 is 0 Å². The highest BCUT2D eigenvalue weighted by Crippen LogP contribution is 2.36. The molecule has 9 heteroatoms. The largest absolute Gasteiger partial charge is 0.497 e. The molecule has 1 amide bonds. The zero-order valence-electron chi connectivity index (χ0n) is 16.9. The van der Waals surface area contributed by atoms with Gasteiger partial charge in [0.15, 0.2) is 0 Å². The third-order valence-corrected chi connectivity index (χ3v) is 5.55. The first-order chi connectivity index (χ1) is 14.4. The smallest absolute Gasteiger partial charge is 0.291 e. The number of carbonyl (C=O) groups excluding carboxylic acids is 1. The quantitative estimate of drug-likeness (QED) is 0.521. The van der Waals surface area contributed by atoms with Crippen molar-refractivity contribution in [2.24, 2.45) is 5.92 Å². The molecule has 0 spiro atoms. The Hall–Kier alpha value is -2.84. The Morgan fingerprint density at radius 1 is 1.20 bits per heavy atom. The molecule has 0 bridgehead atoms. The number of amides is 1. The van der Waals surface area contributed by atoms with E-state index in [-0.39, 0.29) is 28.3 Å². The summed E-state index contributed by atoms with van der Waals surface area (Å²) in [4.78, 5) is 25.5. The molecular formula is C21H24ClN3O5. The van der Waals surface area contributed by atoms with Crippen molar-refractivity contribution in [2.75, 3.05) is 32.6 Å². The van der Waals surface area contributed by atoms with Gasteiger partial charge in [-0.1, -0.05) is 23.7 Å². The van der Waals surface area contributed by atoms with E-state index in [0.29, 0.717) is 5.69 Å². The van der Waals surface area contributed by atoms with Gasteiger partial charge >= 0.3 is 0 Å². The molecule has 0 atom stereocenters. The molecule has 0 aromatic heterocycles. The summed E-state index contributed by atoms with van der Waals surface area (Å²) in [6.45, 7) is 2.44. The molecule has 3 rings (SSSR count). The van der Waals surface area contributed by atoms with E-state index in [0.717, 1.165) is 38.2 Å². The number of piperidine rings is 1. The van der Waals surface area contributed by atoms with Crippen LogP contribution in [0, 0.1) is 16.0 Å². The number of hydrogen-bond donors (Lipinski definition) is 1. The lowest BCUT2D eigenvalue weighted by atomic mass is 9.95. The molecule has 1 saturated heterocycles. The number of likely N-dealkylation sites (tertiary alicyclic amines) is 1. The Morgan fingerprint density at radius 2 is 1.87 bits per heavy atom. The molecule has 1 fully saturated rings. The van der Waals surface area contributed by atoms with Gasteiger partial charge in [0.25, 0.3) is 5.69 Å². The third kappa shape index (κ3) is 5.20. The van der Waals surface area contributed by atoms with Crippen LogP contribution in [0.4, 0.5) is 11.4 Å². The highest BCUT2D eigenvalue weighted by atomic mass is 35.5. The second-order valence-corrected chi connectivity index (χ2v) is 7.56. The van der Waals surface area contributed by atoms with E-state index < -0.39 is 4.92 Å². The molecule has 1 N–H and O–H groups in total. The second-order valence-electron chi connectivity index (χ2n) is 7.15. The topological polar surface area (TPSA) is 93.9 Å². The van der Waals surface area contributed by atoms with Crippen LogP contribution < -0.4 is 14.8 Å². The van der Waals surface area contributed by atoms with E-state index in [1.54, 1.807) is 7.11 Å². The summed E-state index contributed by atoms with van der Waals surface area (Å²) < 4.78 is 10.4. The van der Waals surface area contributed by atoms with E-state index in [2.05, 4.69) is 10.2 Å². The minimum absolute atomic E-state index is 0.0505. The molecule has 0 unspecified atom stereocenters. The van der Waals surface area contributed by atoms with Gasteiger partial charge in [0, 0.05) is 12.5 Å². The fourth-order valence-electron chi connectivity index (χ4n) is 3.53. The van der Waals surface area contributed by atoms with Crippen LogP contribution in [-0.4, -0.2) is 43.0 Å². The van der Waals surface area contributed by atoms with Gasteiger partial charge < -0.3 is 14.8 Å². The number of carbonyl (C=O) groups is 1. The van der Waals surface area contributed by atoms with Gasteiger partial charge in [-0.05, 0) is 49.7 Å². The van der Waals surface area contributed by atoms with Crippen LogP contribution in [0.2, 0.25) is 5.02 Å². The Balaban J connectivity index is 1.57. The monoisotopic (exact) mass is 433 g/mol. The number of ether oxygens (including phenoxy) is 2. The van der Waals surface area contributed by atoms with Gasteiger partial charge in [0.2, 0.25) is 5.91 Å². The molecule has 0 radical (unpaired) electrons. The van der Waals surface area contributed by atoms with Gasteiger partial charge in [0.05, 0.1) is 30.9 Å². The number of methoxy groups -OCH3 is 2. The van der Waals surface area contributed by atoms with Crippen LogP contribution in [0.15, 0.2) is 36.4 Å². The van der Waals surface area contributed by atoms with Crippen molar-refractivity contribution in [3.63, 3.8) is 0 Å². The van der Waals surface area contributed by atoms with E-state index in [1.807, 2.05) is 24.3 Å². The fraction of sp³-hybridized carbons (Fsp3) is 0.381. The lowest BCUT2D eigenvalue weighted by molar-refractivity contribution is -0.384. The number of rotatable bonds is 7. The third-order valence-electron chi connectivity index (χ3n) is 5.25. The van der Waals surface area contributed by atoms with Gasteiger partial charge in [-0.25, -0.2) is 0 Å². The molecule has 2 aromatic carbocycles. The Kier molecular flexibility index (Phi) is 7.12. The first-order valence-corrected chi connectivity index (χ1v) is 9.97. The summed E-state index contributed by atoms with van der Waals surface area (Å²) in [7, 11) is 3.03.